The van der Waals surface area contributed by atoms with Crippen molar-refractivity contribution in [2.45, 2.75) is 82.0 Å². The number of carbonyl (C=O) groups is 3. The van der Waals surface area contributed by atoms with Crippen molar-refractivity contribution in [2.24, 2.45) is 5.92 Å². The van der Waals surface area contributed by atoms with Crippen molar-refractivity contribution in [3.05, 3.63) is 88.4 Å². The van der Waals surface area contributed by atoms with E-state index in [1.807, 2.05) is 68.5 Å². The van der Waals surface area contributed by atoms with Crippen molar-refractivity contribution in [3.63, 3.8) is 0 Å². The molecule has 3 aromatic carbocycles. The molecule has 0 radical (unpaired) electrons. The molecule has 5 atom stereocenters. The smallest absolute Gasteiger partial charge is 0.264 e. The highest BCUT2D eigenvalue weighted by atomic mass is 35.5. The number of hydrogen-bond donors (Lipinski definition) is 2. The van der Waals surface area contributed by atoms with E-state index in [2.05, 4.69) is 6.07 Å². The Kier molecular flexibility index (Phi) is 8.52. The number of carbonyl (C=O) groups excluding carboxylic acids is 3. The number of nitrogens with zero attached hydrogens (tertiary/aromatic N) is 3. The van der Waals surface area contributed by atoms with Gasteiger partial charge in [0.25, 0.3) is 5.91 Å². The second-order valence-corrected chi connectivity index (χ2v) is 18.6. The van der Waals surface area contributed by atoms with Crippen molar-refractivity contribution in [1.29, 1.82) is 0 Å². The van der Waals surface area contributed by atoms with Gasteiger partial charge in [-0.25, -0.2) is 0 Å². The zero-order valence-electron chi connectivity index (χ0n) is 27.6. The minimum atomic E-state index is -2.97. The van der Waals surface area contributed by atoms with Gasteiger partial charge in [0.15, 0.2) is 13.9 Å². The molecule has 0 aromatic heterocycles. The molecule has 0 bridgehead atoms. The molecule has 2 N–H and O–H groups in total. The predicted octanol–water partition coefficient (Wildman–Crippen LogP) is 5.67. The molecule has 0 aliphatic carbocycles. The third-order valence-corrected chi connectivity index (χ3v) is 13.6. The Morgan fingerprint density at radius 3 is 2.52 bits per heavy atom. The Balaban J connectivity index is 1.20. The van der Waals surface area contributed by atoms with Crippen LogP contribution < -0.4 is 9.80 Å². The predicted molar refractivity (Wildman–Crippen MR) is 187 cm³/mol. The number of aliphatic hydroxyl groups excluding tert-OH is 1. The van der Waals surface area contributed by atoms with Crippen LogP contribution in [0.1, 0.15) is 49.3 Å². The van der Waals surface area contributed by atoms with E-state index in [9.17, 15) is 24.3 Å². The molecule has 48 heavy (non-hydrogen) atoms. The molecule has 7 rings (SSSR count). The van der Waals surface area contributed by atoms with E-state index in [1.54, 1.807) is 26.8 Å². The molecule has 9 nitrogen and oxygen atoms in total. The lowest BCUT2D eigenvalue weighted by Gasteiger charge is -2.33. The summed E-state index contributed by atoms with van der Waals surface area (Å²) in [5.74, 6) is -0.765. The number of ether oxygens (including phenoxy) is 1. The minimum Gasteiger partial charge on any atom is -0.432 e. The summed E-state index contributed by atoms with van der Waals surface area (Å²) >= 11 is 6.55. The fraction of sp³-hybridized carbons (Fsp3) is 0.432. The number of fused-ring (bicyclic) bond motifs is 3. The lowest BCUT2D eigenvalue weighted by atomic mass is 9.82. The highest BCUT2D eigenvalue weighted by molar-refractivity contribution is 6.71. The number of hydrogen-bond acceptors (Lipinski definition) is 6. The minimum absolute atomic E-state index is 0.0211. The molecule has 252 valence electrons. The Morgan fingerprint density at radius 1 is 1.04 bits per heavy atom. The molecule has 4 heterocycles. The maximum atomic E-state index is 14.8. The number of aliphatic hydroxyl groups is 1. The molecule has 2 saturated heterocycles. The first-order valence-corrected chi connectivity index (χ1v) is 20.3. The Morgan fingerprint density at radius 2 is 1.79 bits per heavy atom. The number of rotatable bonds is 7. The van der Waals surface area contributed by atoms with Crippen LogP contribution in [0.5, 0.6) is 0 Å². The molecule has 0 unspecified atom stereocenters. The van der Waals surface area contributed by atoms with Crippen molar-refractivity contribution < 1.29 is 29.0 Å². The molecule has 4 aliphatic rings. The molecule has 11 heteroatoms. The molecule has 1 spiro atoms. The fourth-order valence-electron chi connectivity index (χ4n) is 8.69. The summed E-state index contributed by atoms with van der Waals surface area (Å²) in [6, 6.07) is 20.8. The second kappa shape index (κ2) is 12.4. The zero-order valence-corrected chi connectivity index (χ0v) is 29.3. The van der Waals surface area contributed by atoms with Gasteiger partial charge in [0, 0.05) is 40.7 Å². The van der Waals surface area contributed by atoms with Crippen LogP contribution in [0.3, 0.4) is 0 Å². The molecule has 3 amide bonds. The van der Waals surface area contributed by atoms with E-state index in [0.717, 1.165) is 41.8 Å². The van der Waals surface area contributed by atoms with Crippen LogP contribution in [-0.4, -0.2) is 66.1 Å². The van der Waals surface area contributed by atoms with Crippen LogP contribution in [0, 0.1) is 5.92 Å². The first-order valence-electron chi connectivity index (χ1n) is 16.9. The van der Waals surface area contributed by atoms with Gasteiger partial charge in [-0.2, -0.15) is 0 Å². The summed E-state index contributed by atoms with van der Waals surface area (Å²) < 4.78 is 6.84. The fourth-order valence-corrected chi connectivity index (χ4v) is 11.4. The van der Waals surface area contributed by atoms with Crippen LogP contribution in [-0.2, 0) is 37.7 Å². The molecule has 3 aromatic rings. The third-order valence-electron chi connectivity index (χ3n) is 10.9. The number of amides is 3. The number of para-hydroxylation sites is 1. The van der Waals surface area contributed by atoms with Crippen LogP contribution in [0.2, 0.25) is 23.7 Å². The highest BCUT2D eigenvalue weighted by Gasteiger charge is 2.66. The quantitative estimate of drug-likeness (QED) is 0.310. The SMILES string of the molecule is C[C@@H]1[C@@H]([Si](C)(C)O)[C@H](CC(=O)N2CCC[C@H]2CO)O[C@@]12C(=O)N(Cc1ccc(N3C(=O)CCc4ccccc43)cc1)c1ccc(Cl)cc12. The van der Waals surface area contributed by atoms with Gasteiger partial charge >= 0.3 is 0 Å². The molecule has 4 aliphatic heterocycles. The lowest BCUT2D eigenvalue weighted by Crippen LogP contribution is -2.46. The van der Waals surface area contributed by atoms with Crippen molar-refractivity contribution in [1.82, 2.24) is 4.90 Å². The van der Waals surface area contributed by atoms with Crippen LogP contribution in [0.15, 0.2) is 66.7 Å². The van der Waals surface area contributed by atoms with Crippen molar-refractivity contribution in [3.8, 4) is 0 Å². The van der Waals surface area contributed by atoms with Gasteiger partial charge in [0.05, 0.1) is 43.1 Å². The second-order valence-electron chi connectivity index (χ2n) is 14.2. The maximum Gasteiger partial charge on any atom is 0.264 e. The molecular weight excluding hydrogens is 646 g/mol. The van der Waals surface area contributed by atoms with E-state index in [0.29, 0.717) is 29.2 Å². The Hall–Kier alpha value is -3.54. The van der Waals surface area contributed by atoms with Crippen LogP contribution >= 0.6 is 11.6 Å². The van der Waals surface area contributed by atoms with Crippen molar-refractivity contribution in [2.75, 3.05) is 23.0 Å². The first-order chi connectivity index (χ1) is 22.9. The van der Waals surface area contributed by atoms with Gasteiger partial charge in [-0.3, -0.25) is 19.3 Å². The number of likely N-dealkylation sites (tertiary alicyclic amines) is 1. The largest absolute Gasteiger partial charge is 0.432 e. The van der Waals surface area contributed by atoms with Crippen molar-refractivity contribution >= 4 is 54.7 Å². The van der Waals surface area contributed by atoms with E-state index >= 15 is 0 Å². The third kappa shape index (κ3) is 5.38. The van der Waals surface area contributed by atoms with Gasteiger partial charge in [-0.05, 0) is 79.9 Å². The molecular formula is C37H42ClN3O6Si. The zero-order chi connectivity index (χ0) is 34.0. The average Bonchev–Trinajstić information content (AvgIpc) is 3.72. The number of benzene rings is 3. The maximum absolute atomic E-state index is 14.8. The summed E-state index contributed by atoms with van der Waals surface area (Å²) in [7, 11) is -2.97. The Bertz CT molecular complexity index is 1760. The van der Waals surface area contributed by atoms with Crippen LogP contribution in [0.25, 0.3) is 0 Å². The summed E-state index contributed by atoms with van der Waals surface area (Å²) in [6.45, 7) is 6.36. The molecule has 0 saturated carbocycles. The van der Waals surface area contributed by atoms with E-state index in [4.69, 9.17) is 16.3 Å². The topological polar surface area (TPSA) is 111 Å². The summed E-state index contributed by atoms with van der Waals surface area (Å²) in [4.78, 5) is 58.2. The summed E-state index contributed by atoms with van der Waals surface area (Å²) in [5, 5.41) is 10.3. The van der Waals surface area contributed by atoms with Gasteiger partial charge in [-0.15, -0.1) is 0 Å². The normalized spacial score (nSPS) is 26.8. The summed E-state index contributed by atoms with van der Waals surface area (Å²) in [6.07, 6.45) is 2.09. The number of halogens is 1. The van der Waals surface area contributed by atoms with Gasteiger partial charge in [-0.1, -0.05) is 48.9 Å². The average molecular weight is 688 g/mol. The van der Waals surface area contributed by atoms with Gasteiger partial charge < -0.3 is 24.4 Å². The number of aryl methyl sites for hydroxylation is 1. The first kappa shape index (κ1) is 33.0. The van der Waals surface area contributed by atoms with Crippen LogP contribution in [0.4, 0.5) is 17.1 Å². The Labute approximate surface area is 287 Å². The van der Waals surface area contributed by atoms with E-state index in [1.165, 1.54) is 0 Å². The molecule has 2 fully saturated rings. The van der Waals surface area contributed by atoms with E-state index < -0.39 is 31.5 Å². The number of anilines is 3. The summed E-state index contributed by atoms with van der Waals surface area (Å²) in [5.41, 5.74) is 3.17. The van der Waals surface area contributed by atoms with Gasteiger partial charge in [0.2, 0.25) is 11.8 Å². The van der Waals surface area contributed by atoms with E-state index in [-0.39, 0.29) is 43.3 Å². The van der Waals surface area contributed by atoms with Gasteiger partial charge in [0.1, 0.15) is 0 Å². The standard InChI is InChI=1S/C37H42ClN3O6Si/c1-23-35(48(2,3)46)32(20-34(44)39-18-6-8-28(39)22-42)47-37(23)29-19-26(38)13-16-31(29)40(36(37)45)21-24-10-14-27(15-11-24)41-30-9-5-4-7-25(30)12-17-33(41)43/h4-5,7,9-11,13-16,19,23,28,32,35,42,46H,6,8,12,17-18,20-22H2,1-3H3/t23-,28+,32+,35-,37+/m1/s1. The lowest BCUT2D eigenvalue weighted by molar-refractivity contribution is -0.150. The highest BCUT2D eigenvalue weighted by Crippen LogP contribution is 2.60. The monoisotopic (exact) mass is 687 g/mol.